The molecule has 1 unspecified atom stereocenters. The van der Waals surface area contributed by atoms with Crippen molar-refractivity contribution in [2.24, 2.45) is 11.7 Å². The van der Waals surface area contributed by atoms with E-state index in [1.165, 1.54) is 12.1 Å². The molecule has 2 aromatic carbocycles. The van der Waals surface area contributed by atoms with Crippen LogP contribution in [-0.2, 0) is 9.59 Å². The minimum atomic E-state index is -0.673. The van der Waals surface area contributed by atoms with E-state index in [1.54, 1.807) is 11.0 Å². The topological polar surface area (TPSA) is 92.5 Å². The second-order valence-corrected chi connectivity index (χ2v) is 7.08. The third kappa shape index (κ3) is 3.80. The first-order chi connectivity index (χ1) is 12.8. The molecule has 1 atom stereocenters. The first-order valence-electron chi connectivity index (χ1n) is 8.54. The highest BCUT2D eigenvalue weighted by Crippen LogP contribution is 2.30. The van der Waals surface area contributed by atoms with Crippen molar-refractivity contribution in [3.05, 3.63) is 58.1 Å². The fourth-order valence-corrected chi connectivity index (χ4v) is 3.39. The summed E-state index contributed by atoms with van der Waals surface area (Å²) in [6.07, 6.45) is 0.134. The molecule has 3 N–H and O–H groups in total. The van der Waals surface area contributed by atoms with Crippen LogP contribution in [0.15, 0.2) is 36.4 Å². The van der Waals surface area contributed by atoms with Crippen LogP contribution in [0.3, 0.4) is 0 Å². The second kappa shape index (κ2) is 7.40. The summed E-state index contributed by atoms with van der Waals surface area (Å²) in [6, 6.07) is 10.3. The van der Waals surface area contributed by atoms with E-state index in [2.05, 4.69) is 5.32 Å². The zero-order valence-corrected chi connectivity index (χ0v) is 15.8. The number of benzene rings is 2. The number of anilines is 2. The lowest BCUT2D eigenvalue weighted by atomic mass is 10.1. The molecule has 0 aliphatic carbocycles. The zero-order chi connectivity index (χ0) is 19.7. The first-order valence-corrected chi connectivity index (χ1v) is 8.92. The molecule has 0 spiro atoms. The number of carbonyl (C=O) groups excluding carboxylic acids is 3. The van der Waals surface area contributed by atoms with Crippen molar-refractivity contribution >= 4 is 40.7 Å². The Morgan fingerprint density at radius 3 is 2.67 bits per heavy atom. The Morgan fingerprint density at radius 1 is 1.22 bits per heavy atom. The predicted molar refractivity (Wildman–Crippen MR) is 105 cm³/mol. The van der Waals surface area contributed by atoms with Crippen LogP contribution in [-0.4, -0.2) is 24.3 Å². The molecule has 1 heterocycles. The lowest BCUT2D eigenvalue weighted by Gasteiger charge is -2.20. The number of primary amides is 1. The molecule has 3 amide bonds. The number of amides is 3. The molecule has 1 aliphatic heterocycles. The van der Waals surface area contributed by atoms with Crippen LogP contribution in [0.5, 0.6) is 0 Å². The van der Waals surface area contributed by atoms with Gasteiger partial charge in [0.25, 0.3) is 0 Å². The van der Waals surface area contributed by atoms with E-state index in [1.807, 2.05) is 32.0 Å². The van der Waals surface area contributed by atoms with E-state index in [0.717, 1.165) is 16.8 Å². The quantitative estimate of drug-likeness (QED) is 0.847. The van der Waals surface area contributed by atoms with Crippen LogP contribution >= 0.6 is 11.6 Å². The number of hydrogen-bond donors (Lipinski definition) is 2. The van der Waals surface area contributed by atoms with Crippen molar-refractivity contribution in [2.75, 3.05) is 16.8 Å². The summed E-state index contributed by atoms with van der Waals surface area (Å²) in [4.78, 5) is 38.1. The van der Waals surface area contributed by atoms with Crippen LogP contribution in [0.4, 0.5) is 11.4 Å². The number of nitrogens with two attached hydrogens (primary N) is 1. The van der Waals surface area contributed by atoms with Crippen LogP contribution in [0.25, 0.3) is 0 Å². The predicted octanol–water partition coefficient (Wildman–Crippen LogP) is 3.05. The number of hydrogen-bond acceptors (Lipinski definition) is 3. The van der Waals surface area contributed by atoms with Gasteiger partial charge in [0, 0.05) is 24.3 Å². The van der Waals surface area contributed by atoms with Gasteiger partial charge in [-0.3, -0.25) is 14.4 Å². The largest absolute Gasteiger partial charge is 0.366 e. The number of rotatable bonds is 4. The molecule has 6 nitrogen and oxygen atoms in total. The highest BCUT2D eigenvalue weighted by atomic mass is 35.5. The Labute approximate surface area is 162 Å². The van der Waals surface area contributed by atoms with Gasteiger partial charge in [-0.25, -0.2) is 0 Å². The fourth-order valence-electron chi connectivity index (χ4n) is 3.18. The molecule has 1 fully saturated rings. The van der Waals surface area contributed by atoms with Crippen LogP contribution in [0.1, 0.15) is 27.9 Å². The van der Waals surface area contributed by atoms with Gasteiger partial charge < -0.3 is 16.0 Å². The highest BCUT2D eigenvalue weighted by Gasteiger charge is 2.35. The fraction of sp³-hybridized carbons (Fsp3) is 0.250. The van der Waals surface area contributed by atoms with Gasteiger partial charge in [0.15, 0.2) is 0 Å². The summed E-state index contributed by atoms with van der Waals surface area (Å²) >= 11 is 5.92. The standard InChI is InChI=1S/C20H20ClN3O3/c1-11-4-3-5-17(12(11)2)24-10-13(8-18(24)25)20(27)23-14-6-7-16(21)15(9-14)19(22)26/h3-7,9,13H,8,10H2,1-2H3,(H2,22,26)(H,23,27). The third-order valence-electron chi connectivity index (χ3n) is 4.86. The summed E-state index contributed by atoms with van der Waals surface area (Å²) in [5.74, 6) is -1.52. The SMILES string of the molecule is Cc1cccc(N2CC(C(=O)Nc3ccc(Cl)c(C(N)=O)c3)CC2=O)c1C. The van der Waals surface area contributed by atoms with Crippen molar-refractivity contribution in [3.8, 4) is 0 Å². The minimum absolute atomic E-state index is 0.0854. The summed E-state index contributed by atoms with van der Waals surface area (Å²) in [5.41, 5.74) is 8.77. The smallest absolute Gasteiger partial charge is 0.250 e. The molecule has 0 bridgehead atoms. The number of halogens is 1. The normalized spacial score (nSPS) is 16.5. The summed E-state index contributed by atoms with van der Waals surface area (Å²) in [5, 5.41) is 2.96. The summed E-state index contributed by atoms with van der Waals surface area (Å²) in [6.45, 7) is 4.26. The molecule has 27 heavy (non-hydrogen) atoms. The van der Waals surface area contributed by atoms with Gasteiger partial charge in [-0.05, 0) is 49.2 Å². The van der Waals surface area contributed by atoms with Crippen molar-refractivity contribution < 1.29 is 14.4 Å². The van der Waals surface area contributed by atoms with Gasteiger partial charge in [0.2, 0.25) is 17.7 Å². The average Bonchev–Trinajstić information content (AvgIpc) is 3.00. The molecule has 0 saturated carbocycles. The van der Waals surface area contributed by atoms with Crippen LogP contribution < -0.4 is 16.0 Å². The van der Waals surface area contributed by atoms with E-state index >= 15 is 0 Å². The van der Waals surface area contributed by atoms with Crippen molar-refractivity contribution in [1.82, 2.24) is 0 Å². The van der Waals surface area contributed by atoms with Crippen LogP contribution in [0, 0.1) is 19.8 Å². The van der Waals surface area contributed by atoms with Gasteiger partial charge >= 0.3 is 0 Å². The number of aryl methyl sites for hydroxylation is 1. The maximum Gasteiger partial charge on any atom is 0.250 e. The Bertz CT molecular complexity index is 942. The van der Waals surface area contributed by atoms with Gasteiger partial charge in [-0.15, -0.1) is 0 Å². The third-order valence-corrected chi connectivity index (χ3v) is 5.19. The zero-order valence-electron chi connectivity index (χ0n) is 15.1. The molecule has 7 heteroatoms. The molecule has 3 rings (SSSR count). The Kier molecular flexibility index (Phi) is 5.19. The molecule has 0 aromatic heterocycles. The van der Waals surface area contributed by atoms with Gasteiger partial charge in [0.05, 0.1) is 16.5 Å². The number of nitrogens with zero attached hydrogens (tertiary/aromatic N) is 1. The molecular weight excluding hydrogens is 366 g/mol. The molecule has 1 aliphatic rings. The number of nitrogens with one attached hydrogen (secondary N) is 1. The lowest BCUT2D eigenvalue weighted by molar-refractivity contribution is -0.122. The van der Waals surface area contributed by atoms with Gasteiger partial charge in [-0.2, -0.15) is 0 Å². The van der Waals surface area contributed by atoms with Gasteiger partial charge in [-0.1, -0.05) is 23.7 Å². The Morgan fingerprint density at radius 2 is 1.96 bits per heavy atom. The minimum Gasteiger partial charge on any atom is -0.366 e. The Hall–Kier alpha value is -2.86. The van der Waals surface area contributed by atoms with E-state index in [0.29, 0.717) is 12.2 Å². The maximum absolute atomic E-state index is 12.6. The first kappa shape index (κ1) is 18.9. The van der Waals surface area contributed by atoms with Crippen LogP contribution in [0.2, 0.25) is 5.02 Å². The van der Waals surface area contributed by atoms with E-state index in [-0.39, 0.29) is 28.8 Å². The van der Waals surface area contributed by atoms with Crippen molar-refractivity contribution in [2.45, 2.75) is 20.3 Å². The van der Waals surface area contributed by atoms with Gasteiger partial charge in [0.1, 0.15) is 0 Å². The molecular formula is C20H20ClN3O3. The van der Waals surface area contributed by atoms with E-state index < -0.39 is 11.8 Å². The number of carbonyl (C=O) groups is 3. The maximum atomic E-state index is 12.6. The summed E-state index contributed by atoms with van der Waals surface area (Å²) < 4.78 is 0. The highest BCUT2D eigenvalue weighted by molar-refractivity contribution is 6.34. The Balaban J connectivity index is 1.76. The molecule has 1 saturated heterocycles. The average molecular weight is 386 g/mol. The molecule has 140 valence electrons. The molecule has 0 radical (unpaired) electrons. The monoisotopic (exact) mass is 385 g/mol. The summed E-state index contributed by atoms with van der Waals surface area (Å²) in [7, 11) is 0. The molecule has 2 aromatic rings. The van der Waals surface area contributed by atoms with E-state index in [9.17, 15) is 14.4 Å². The van der Waals surface area contributed by atoms with Crippen molar-refractivity contribution in [1.29, 1.82) is 0 Å². The second-order valence-electron chi connectivity index (χ2n) is 6.67. The van der Waals surface area contributed by atoms with E-state index in [4.69, 9.17) is 17.3 Å². The van der Waals surface area contributed by atoms with Crippen molar-refractivity contribution in [3.63, 3.8) is 0 Å². The lowest BCUT2D eigenvalue weighted by Crippen LogP contribution is -2.28.